The summed E-state index contributed by atoms with van der Waals surface area (Å²) >= 11 is 5.93. The molecule has 0 bridgehead atoms. The molecule has 0 amide bonds. The maximum absolute atomic E-state index is 11.0. The van der Waals surface area contributed by atoms with Crippen molar-refractivity contribution in [1.82, 2.24) is 4.90 Å². The van der Waals surface area contributed by atoms with Crippen LogP contribution in [0, 0.1) is 10.1 Å². The van der Waals surface area contributed by atoms with Crippen LogP contribution < -0.4 is 9.47 Å². The molecule has 3 rings (SSSR count). The van der Waals surface area contributed by atoms with Gasteiger partial charge in [-0.25, -0.2) is 9.59 Å². The molecule has 33 heavy (non-hydrogen) atoms. The monoisotopic (exact) mass is 482 g/mol. The number of nitro groups is 1. The number of carbonyl (C=O) groups is 2. The Morgan fingerprint density at radius 2 is 1.85 bits per heavy atom. The lowest BCUT2D eigenvalue weighted by atomic mass is 10.2. The molecule has 2 aromatic carbocycles. The van der Waals surface area contributed by atoms with Gasteiger partial charge in [0.15, 0.2) is 11.5 Å². The van der Waals surface area contributed by atoms with E-state index in [1.54, 1.807) is 0 Å². The summed E-state index contributed by atoms with van der Waals surface area (Å²) in [4.78, 5) is 31.0. The summed E-state index contributed by atoms with van der Waals surface area (Å²) in [6.45, 7) is 3.23. The number of methoxy groups -OCH3 is 1. The third kappa shape index (κ3) is 8.56. The van der Waals surface area contributed by atoms with Gasteiger partial charge in [-0.05, 0) is 23.8 Å². The molecule has 2 aromatic rings. The van der Waals surface area contributed by atoms with Crippen LogP contribution in [0.4, 0.5) is 5.69 Å². The van der Waals surface area contributed by atoms with Gasteiger partial charge in [0.2, 0.25) is 0 Å². The van der Waals surface area contributed by atoms with Crippen molar-refractivity contribution in [2.45, 2.75) is 12.6 Å². The van der Waals surface area contributed by atoms with Crippen molar-refractivity contribution in [2.75, 3.05) is 33.4 Å². The number of carboxylic acid groups (broad SMARTS) is 2. The minimum absolute atomic E-state index is 0.0419. The quantitative estimate of drug-likeness (QED) is 0.342. The van der Waals surface area contributed by atoms with Crippen molar-refractivity contribution in [2.24, 2.45) is 0 Å². The first-order valence-electron chi connectivity index (χ1n) is 9.69. The molecule has 0 aromatic heterocycles. The van der Waals surface area contributed by atoms with Crippen LogP contribution in [0.15, 0.2) is 42.5 Å². The predicted molar refractivity (Wildman–Crippen MR) is 117 cm³/mol. The Labute approximate surface area is 194 Å². The molecule has 1 saturated heterocycles. The van der Waals surface area contributed by atoms with Gasteiger partial charge in [-0.1, -0.05) is 23.7 Å². The van der Waals surface area contributed by atoms with Crippen LogP contribution in [0.3, 0.4) is 0 Å². The van der Waals surface area contributed by atoms with Crippen LogP contribution in [0.1, 0.15) is 5.56 Å². The van der Waals surface area contributed by atoms with E-state index in [-0.39, 0.29) is 18.4 Å². The lowest BCUT2D eigenvalue weighted by Gasteiger charge is -2.32. The van der Waals surface area contributed by atoms with Gasteiger partial charge in [0.25, 0.3) is 5.69 Å². The SMILES string of the molecule is COc1ccc([N+](=O)[O-])cc1OCC1CN(Cc2ccc(Cl)cc2)CCO1.O=C(O)C(=O)O. The fourth-order valence-corrected chi connectivity index (χ4v) is 3.07. The highest BCUT2D eigenvalue weighted by Crippen LogP contribution is 2.31. The zero-order valence-electron chi connectivity index (χ0n) is 17.7. The fraction of sp³-hybridized carbons (Fsp3) is 0.333. The molecule has 178 valence electrons. The smallest absolute Gasteiger partial charge is 0.414 e. The molecule has 1 aliphatic heterocycles. The highest BCUT2D eigenvalue weighted by Gasteiger charge is 2.22. The maximum atomic E-state index is 11.0. The molecule has 0 spiro atoms. The molecule has 1 atom stereocenters. The predicted octanol–water partition coefficient (Wildman–Crippen LogP) is 2.69. The van der Waals surface area contributed by atoms with Crippen molar-refractivity contribution >= 4 is 29.2 Å². The Kier molecular flexibility index (Phi) is 9.85. The fourth-order valence-electron chi connectivity index (χ4n) is 2.95. The highest BCUT2D eigenvalue weighted by atomic mass is 35.5. The Balaban J connectivity index is 0.000000569. The second-order valence-electron chi connectivity index (χ2n) is 6.87. The minimum atomic E-state index is -1.82. The highest BCUT2D eigenvalue weighted by molar-refractivity contribution is 6.30. The van der Waals surface area contributed by atoms with Gasteiger partial charge >= 0.3 is 11.9 Å². The molecule has 1 heterocycles. The van der Waals surface area contributed by atoms with Gasteiger partial charge in [-0.2, -0.15) is 0 Å². The normalized spacial score (nSPS) is 15.6. The molecule has 0 saturated carbocycles. The van der Waals surface area contributed by atoms with Gasteiger partial charge in [-0.3, -0.25) is 15.0 Å². The average molecular weight is 483 g/mol. The first-order valence-corrected chi connectivity index (χ1v) is 10.1. The summed E-state index contributed by atoms with van der Waals surface area (Å²) in [5.74, 6) is -2.86. The standard InChI is InChI=1S/C19H21ClN2O5.C2H2O4/c1-25-18-7-6-16(22(23)24)10-19(18)27-13-17-12-21(8-9-26-17)11-14-2-4-15(20)5-3-14;3-1(4)2(5)6/h2-7,10,17H,8-9,11-13H2,1H3;(H,3,4)(H,5,6). The Morgan fingerprint density at radius 3 is 2.42 bits per heavy atom. The van der Waals surface area contributed by atoms with Crippen LogP contribution in [0.25, 0.3) is 0 Å². The van der Waals surface area contributed by atoms with Crippen LogP contribution in [0.2, 0.25) is 5.02 Å². The molecule has 12 heteroatoms. The molecule has 2 N–H and O–H groups in total. The molecular formula is C21H23ClN2O9. The number of aliphatic carboxylic acids is 2. The minimum Gasteiger partial charge on any atom is -0.493 e. The number of benzene rings is 2. The van der Waals surface area contributed by atoms with Crippen molar-refractivity contribution in [1.29, 1.82) is 0 Å². The average Bonchev–Trinajstić information content (AvgIpc) is 2.79. The first-order chi connectivity index (χ1) is 15.7. The van der Waals surface area contributed by atoms with Gasteiger partial charge in [0.1, 0.15) is 12.7 Å². The molecule has 1 unspecified atom stereocenters. The molecule has 1 aliphatic rings. The summed E-state index contributed by atoms with van der Waals surface area (Å²) < 4.78 is 16.8. The van der Waals surface area contributed by atoms with E-state index in [0.717, 1.165) is 18.1 Å². The van der Waals surface area contributed by atoms with E-state index in [4.69, 9.17) is 45.6 Å². The second kappa shape index (κ2) is 12.6. The lowest BCUT2D eigenvalue weighted by molar-refractivity contribution is -0.385. The Hall–Kier alpha value is -3.41. The third-order valence-electron chi connectivity index (χ3n) is 4.51. The van der Waals surface area contributed by atoms with E-state index in [9.17, 15) is 10.1 Å². The summed E-state index contributed by atoms with van der Waals surface area (Å²) in [5.41, 5.74) is 1.14. The molecule has 11 nitrogen and oxygen atoms in total. The number of morpholine rings is 1. The number of halogens is 1. The summed E-state index contributed by atoms with van der Waals surface area (Å²) in [6, 6.07) is 12.1. The van der Waals surface area contributed by atoms with Gasteiger partial charge in [-0.15, -0.1) is 0 Å². The van der Waals surface area contributed by atoms with Gasteiger partial charge in [0, 0.05) is 30.7 Å². The molecule has 0 aliphatic carbocycles. The number of hydrogen-bond acceptors (Lipinski definition) is 8. The van der Waals surface area contributed by atoms with Crippen LogP contribution in [-0.2, 0) is 20.9 Å². The van der Waals surface area contributed by atoms with Crippen molar-refractivity contribution in [3.05, 3.63) is 63.2 Å². The second-order valence-corrected chi connectivity index (χ2v) is 7.30. The summed E-state index contributed by atoms with van der Waals surface area (Å²) in [5, 5.41) is 26.5. The zero-order chi connectivity index (χ0) is 24.4. The summed E-state index contributed by atoms with van der Waals surface area (Å²) in [6.07, 6.45) is -0.130. The van der Waals surface area contributed by atoms with Crippen molar-refractivity contribution < 1.29 is 38.9 Å². The number of rotatable bonds is 7. The van der Waals surface area contributed by atoms with Gasteiger partial charge in [0.05, 0.1) is 24.7 Å². The number of nitrogens with zero attached hydrogens (tertiary/aromatic N) is 2. The van der Waals surface area contributed by atoms with Crippen LogP contribution in [-0.4, -0.2) is 71.5 Å². The first kappa shape index (κ1) is 25.8. The van der Waals surface area contributed by atoms with E-state index in [1.807, 2.05) is 24.3 Å². The van der Waals surface area contributed by atoms with Crippen LogP contribution in [0.5, 0.6) is 11.5 Å². The zero-order valence-corrected chi connectivity index (χ0v) is 18.4. The maximum Gasteiger partial charge on any atom is 0.414 e. The van der Waals surface area contributed by atoms with E-state index < -0.39 is 16.9 Å². The number of ether oxygens (including phenoxy) is 3. The van der Waals surface area contributed by atoms with E-state index in [0.29, 0.717) is 24.7 Å². The van der Waals surface area contributed by atoms with E-state index in [1.165, 1.54) is 30.9 Å². The topological polar surface area (TPSA) is 149 Å². The van der Waals surface area contributed by atoms with Crippen molar-refractivity contribution in [3.63, 3.8) is 0 Å². The Morgan fingerprint density at radius 1 is 1.18 bits per heavy atom. The molecule has 0 radical (unpaired) electrons. The number of nitro benzene ring substituents is 1. The summed E-state index contributed by atoms with van der Waals surface area (Å²) in [7, 11) is 1.50. The van der Waals surface area contributed by atoms with Gasteiger partial charge < -0.3 is 24.4 Å². The Bertz CT molecular complexity index is 957. The van der Waals surface area contributed by atoms with Crippen LogP contribution >= 0.6 is 11.6 Å². The van der Waals surface area contributed by atoms with E-state index in [2.05, 4.69) is 4.90 Å². The lowest BCUT2D eigenvalue weighted by Crippen LogP contribution is -2.44. The third-order valence-corrected chi connectivity index (χ3v) is 4.76. The number of non-ortho nitro benzene ring substituents is 1. The number of hydrogen-bond donors (Lipinski definition) is 2. The van der Waals surface area contributed by atoms with E-state index >= 15 is 0 Å². The number of carboxylic acids is 2. The largest absolute Gasteiger partial charge is 0.493 e. The van der Waals surface area contributed by atoms with Crippen molar-refractivity contribution in [3.8, 4) is 11.5 Å². The molecule has 1 fully saturated rings. The molecular weight excluding hydrogens is 460 g/mol.